The fraction of sp³-hybridized carbons (Fsp3) is 0.118. The third-order valence-electron chi connectivity index (χ3n) is 3.80. The molecular weight excluding hydrogens is 280 g/mol. The number of fused-ring (bicyclic) bond motifs is 2. The summed E-state index contributed by atoms with van der Waals surface area (Å²) in [5.74, 6) is 0.944. The van der Waals surface area contributed by atoms with Crippen LogP contribution < -0.4 is 9.88 Å². The van der Waals surface area contributed by atoms with Crippen LogP contribution in [0.5, 0.6) is 5.75 Å². The molecule has 0 fully saturated rings. The van der Waals surface area contributed by atoms with Crippen LogP contribution in [0.15, 0.2) is 53.6 Å². The van der Waals surface area contributed by atoms with Crippen LogP contribution in [0, 0.1) is 0 Å². The third kappa shape index (κ3) is 2.17. The average molecular weight is 294 g/mol. The van der Waals surface area contributed by atoms with Gasteiger partial charge in [0.2, 0.25) is 0 Å². The molecule has 0 unspecified atom stereocenters. The first-order chi connectivity index (χ1) is 10.3. The van der Waals surface area contributed by atoms with Crippen LogP contribution in [0.3, 0.4) is 0 Å². The van der Waals surface area contributed by atoms with Gasteiger partial charge in [0.25, 0.3) is 0 Å². The second kappa shape index (κ2) is 5.06. The highest BCUT2D eigenvalue weighted by Gasteiger charge is 2.18. The van der Waals surface area contributed by atoms with E-state index in [0.717, 1.165) is 45.7 Å². The van der Waals surface area contributed by atoms with Gasteiger partial charge in [-0.1, -0.05) is 18.2 Å². The second-order valence-corrected chi connectivity index (χ2v) is 5.77. The maximum Gasteiger partial charge on any atom is 0.137 e. The Morgan fingerprint density at radius 1 is 1.10 bits per heavy atom. The molecular formula is C17H14N2OS. The molecule has 0 saturated carbocycles. The number of benzene rings is 2. The minimum Gasteiger partial charge on any atom is -0.492 e. The maximum absolute atomic E-state index is 5.78. The van der Waals surface area contributed by atoms with Gasteiger partial charge >= 0.3 is 0 Å². The monoisotopic (exact) mass is 294 g/mol. The topological polar surface area (TPSA) is 48.1 Å². The Labute approximate surface area is 127 Å². The van der Waals surface area contributed by atoms with Gasteiger partial charge in [0.05, 0.1) is 17.0 Å². The molecule has 1 aliphatic rings. The molecule has 0 aliphatic carbocycles. The Balaban J connectivity index is 1.88. The van der Waals surface area contributed by atoms with Gasteiger partial charge in [0, 0.05) is 23.6 Å². The Morgan fingerprint density at radius 2 is 2.00 bits per heavy atom. The van der Waals surface area contributed by atoms with Gasteiger partial charge < -0.3 is 4.74 Å². The van der Waals surface area contributed by atoms with E-state index < -0.39 is 0 Å². The van der Waals surface area contributed by atoms with Crippen molar-refractivity contribution in [2.45, 2.75) is 11.3 Å². The van der Waals surface area contributed by atoms with Gasteiger partial charge in [-0.3, -0.25) is 10.1 Å². The molecule has 1 aromatic heterocycles. The molecule has 4 rings (SSSR count). The van der Waals surface area contributed by atoms with Crippen molar-refractivity contribution in [2.24, 2.45) is 5.14 Å². The van der Waals surface area contributed by atoms with E-state index in [0.29, 0.717) is 0 Å². The van der Waals surface area contributed by atoms with Crippen LogP contribution >= 0.6 is 11.9 Å². The summed E-state index contributed by atoms with van der Waals surface area (Å²) in [6, 6.07) is 14.6. The number of hydrogen-bond acceptors (Lipinski definition) is 4. The van der Waals surface area contributed by atoms with Crippen molar-refractivity contribution in [2.75, 3.05) is 6.61 Å². The fourth-order valence-electron chi connectivity index (χ4n) is 2.76. The molecule has 2 aromatic carbocycles. The van der Waals surface area contributed by atoms with Crippen LogP contribution in [-0.2, 0) is 6.42 Å². The van der Waals surface area contributed by atoms with Crippen molar-refractivity contribution in [3.05, 3.63) is 54.2 Å². The summed E-state index contributed by atoms with van der Waals surface area (Å²) >= 11 is 1.24. The maximum atomic E-state index is 5.78. The predicted molar refractivity (Wildman–Crippen MR) is 86.4 cm³/mol. The van der Waals surface area contributed by atoms with Gasteiger partial charge in [0.15, 0.2) is 0 Å². The van der Waals surface area contributed by atoms with E-state index in [9.17, 15) is 0 Å². The third-order valence-corrected chi connectivity index (χ3v) is 4.36. The molecule has 0 spiro atoms. The summed E-state index contributed by atoms with van der Waals surface area (Å²) in [6.07, 6.45) is 2.86. The number of hydrogen-bond donors (Lipinski definition) is 1. The number of para-hydroxylation sites is 1. The van der Waals surface area contributed by atoms with Crippen molar-refractivity contribution >= 4 is 22.9 Å². The number of nitrogens with two attached hydrogens (primary N) is 1. The molecule has 21 heavy (non-hydrogen) atoms. The summed E-state index contributed by atoms with van der Waals surface area (Å²) in [7, 11) is 0. The summed E-state index contributed by atoms with van der Waals surface area (Å²) < 4.78 is 5.67. The van der Waals surface area contributed by atoms with E-state index in [4.69, 9.17) is 9.88 Å². The van der Waals surface area contributed by atoms with Crippen molar-refractivity contribution in [1.82, 2.24) is 4.98 Å². The Kier molecular flexibility index (Phi) is 3.05. The lowest BCUT2D eigenvalue weighted by Gasteiger charge is -2.09. The number of aromatic nitrogens is 1. The highest BCUT2D eigenvalue weighted by molar-refractivity contribution is 7.97. The highest BCUT2D eigenvalue weighted by atomic mass is 32.2. The van der Waals surface area contributed by atoms with E-state index in [1.54, 1.807) is 0 Å². The van der Waals surface area contributed by atoms with Gasteiger partial charge in [-0.2, -0.15) is 0 Å². The van der Waals surface area contributed by atoms with E-state index >= 15 is 0 Å². The molecule has 0 radical (unpaired) electrons. The Morgan fingerprint density at radius 3 is 2.90 bits per heavy atom. The zero-order valence-electron chi connectivity index (χ0n) is 11.4. The van der Waals surface area contributed by atoms with Crippen molar-refractivity contribution in [1.29, 1.82) is 0 Å². The van der Waals surface area contributed by atoms with Gasteiger partial charge in [0.1, 0.15) is 5.75 Å². The molecule has 0 bridgehead atoms. The minimum atomic E-state index is 0.738. The van der Waals surface area contributed by atoms with Gasteiger partial charge in [-0.05, 0) is 47.3 Å². The average Bonchev–Trinajstić information content (AvgIpc) is 3.02. The normalized spacial score (nSPS) is 13.2. The van der Waals surface area contributed by atoms with Crippen molar-refractivity contribution in [3.63, 3.8) is 0 Å². The molecule has 3 aromatic rings. The standard InChI is InChI=1S/C17H14N2OS/c18-21-16-9-13(8-12-5-6-20-17(12)16)14-7-11-3-1-2-4-15(11)19-10-14/h1-4,7-10H,5-6,18H2. The molecule has 0 saturated heterocycles. The smallest absolute Gasteiger partial charge is 0.137 e. The van der Waals surface area contributed by atoms with E-state index in [2.05, 4.69) is 29.2 Å². The predicted octanol–water partition coefficient (Wildman–Crippen LogP) is 3.80. The summed E-state index contributed by atoms with van der Waals surface area (Å²) in [4.78, 5) is 5.53. The molecule has 2 N–H and O–H groups in total. The Bertz CT molecular complexity index is 832. The van der Waals surface area contributed by atoms with Crippen LogP contribution in [0.1, 0.15) is 5.56 Å². The van der Waals surface area contributed by atoms with Crippen molar-refractivity contribution in [3.8, 4) is 16.9 Å². The first kappa shape index (κ1) is 12.7. The molecule has 1 aliphatic heterocycles. The molecule has 4 heteroatoms. The molecule has 2 heterocycles. The summed E-state index contributed by atoms with van der Waals surface area (Å²) in [5.41, 5.74) is 4.50. The summed E-state index contributed by atoms with van der Waals surface area (Å²) in [5, 5.41) is 6.93. The molecule has 104 valence electrons. The fourth-order valence-corrected chi connectivity index (χ4v) is 3.25. The largest absolute Gasteiger partial charge is 0.492 e. The quantitative estimate of drug-likeness (QED) is 0.730. The first-order valence-corrected chi connectivity index (χ1v) is 7.75. The van der Waals surface area contributed by atoms with Crippen LogP contribution in [0.4, 0.5) is 0 Å². The lowest BCUT2D eigenvalue weighted by Crippen LogP contribution is -1.90. The zero-order chi connectivity index (χ0) is 14.2. The molecule has 0 atom stereocenters. The number of rotatable bonds is 2. The summed E-state index contributed by atoms with van der Waals surface area (Å²) in [6.45, 7) is 0.738. The van der Waals surface area contributed by atoms with E-state index in [1.165, 1.54) is 17.5 Å². The Hall–Kier alpha value is -2.04. The first-order valence-electron chi connectivity index (χ1n) is 6.87. The van der Waals surface area contributed by atoms with Crippen LogP contribution in [0.25, 0.3) is 22.0 Å². The SMILES string of the molecule is NSc1cc(-c2cnc3ccccc3c2)cc2c1OCC2. The van der Waals surface area contributed by atoms with Crippen LogP contribution in [0.2, 0.25) is 0 Å². The van der Waals surface area contributed by atoms with E-state index in [-0.39, 0.29) is 0 Å². The van der Waals surface area contributed by atoms with Gasteiger partial charge in [-0.25, -0.2) is 0 Å². The second-order valence-electron chi connectivity index (χ2n) is 5.10. The molecule has 0 amide bonds. The highest BCUT2D eigenvalue weighted by Crippen LogP contribution is 2.38. The molecule has 3 nitrogen and oxygen atoms in total. The lowest BCUT2D eigenvalue weighted by molar-refractivity contribution is 0.350. The van der Waals surface area contributed by atoms with Crippen LogP contribution in [-0.4, -0.2) is 11.6 Å². The lowest BCUT2D eigenvalue weighted by atomic mass is 10.0. The van der Waals surface area contributed by atoms with Crippen molar-refractivity contribution < 1.29 is 4.74 Å². The zero-order valence-corrected chi connectivity index (χ0v) is 12.2. The number of pyridine rings is 1. The van der Waals surface area contributed by atoms with Gasteiger partial charge in [-0.15, -0.1) is 0 Å². The number of nitrogens with zero attached hydrogens (tertiary/aromatic N) is 1. The van der Waals surface area contributed by atoms with E-state index in [1.807, 2.05) is 24.4 Å². The minimum absolute atomic E-state index is 0.738. The number of ether oxygens (including phenoxy) is 1.